The zero-order chi connectivity index (χ0) is 26.6. The number of rotatable bonds is 10. The molecular weight excluding hydrogens is 526 g/mol. The first-order valence-electron chi connectivity index (χ1n) is 11.7. The van der Waals surface area contributed by atoms with Crippen molar-refractivity contribution in [1.82, 2.24) is 9.97 Å². The monoisotopic (exact) mass is 552 g/mol. The first-order valence-corrected chi connectivity index (χ1v) is 13.6. The van der Waals surface area contributed by atoms with Crippen molar-refractivity contribution in [3.05, 3.63) is 47.5 Å². The Morgan fingerprint density at radius 1 is 1.24 bits per heavy atom. The maximum Gasteiger partial charge on any atom is 0.442 e. The van der Waals surface area contributed by atoms with Gasteiger partial charge in [-0.25, -0.2) is 23.6 Å². The Balaban J connectivity index is 1.89. The first kappa shape index (κ1) is 27.2. The molecule has 4 rings (SSSR count). The van der Waals surface area contributed by atoms with Gasteiger partial charge >= 0.3 is 7.75 Å². The fourth-order valence-corrected chi connectivity index (χ4v) is 5.78. The predicted molar refractivity (Wildman–Crippen MR) is 138 cm³/mol. The molecule has 1 saturated heterocycles. The maximum absolute atomic E-state index is 13.8. The summed E-state index contributed by atoms with van der Waals surface area (Å²) >= 11 is 5.93. The molecule has 1 aliphatic rings. The van der Waals surface area contributed by atoms with Gasteiger partial charge in [-0.15, -0.1) is 0 Å². The van der Waals surface area contributed by atoms with Crippen LogP contribution in [0, 0.1) is 5.82 Å². The third-order valence-corrected chi connectivity index (χ3v) is 7.88. The van der Waals surface area contributed by atoms with Gasteiger partial charge in [-0.1, -0.05) is 11.6 Å². The van der Waals surface area contributed by atoms with Crippen molar-refractivity contribution in [3.63, 3.8) is 0 Å². The van der Waals surface area contributed by atoms with Gasteiger partial charge in [0.1, 0.15) is 29.8 Å². The number of aromatic nitrogens is 2. The molecule has 37 heavy (non-hydrogen) atoms. The van der Waals surface area contributed by atoms with Crippen LogP contribution in [-0.4, -0.2) is 48.4 Å². The first-order chi connectivity index (χ1) is 17.8. The molecule has 2 aromatic carbocycles. The van der Waals surface area contributed by atoms with E-state index in [0.717, 1.165) is 4.67 Å². The summed E-state index contributed by atoms with van der Waals surface area (Å²) in [6.07, 6.45) is 1.73. The van der Waals surface area contributed by atoms with Crippen LogP contribution in [0.1, 0.15) is 27.2 Å². The van der Waals surface area contributed by atoms with Crippen molar-refractivity contribution >= 4 is 53.4 Å². The average molecular weight is 553 g/mol. The van der Waals surface area contributed by atoms with Gasteiger partial charge in [0.15, 0.2) is 0 Å². The number of nitrogens with one attached hydrogen (secondary N) is 1. The molecule has 1 aromatic heterocycles. The number of anilines is 3. The number of nitrogens with zero attached hydrogens (tertiary/aromatic N) is 3. The second-order valence-electron chi connectivity index (χ2n) is 8.05. The van der Waals surface area contributed by atoms with Crippen LogP contribution in [0.3, 0.4) is 0 Å². The molecule has 1 N–H and O–H groups in total. The van der Waals surface area contributed by atoms with Gasteiger partial charge in [0.05, 0.1) is 42.7 Å². The normalized spacial score (nSPS) is 15.6. The molecule has 1 fully saturated rings. The number of ether oxygens (including phenoxy) is 2. The van der Waals surface area contributed by atoms with Gasteiger partial charge in [-0.05, 0) is 38.1 Å². The minimum absolute atomic E-state index is 0.0442. The van der Waals surface area contributed by atoms with E-state index in [1.807, 2.05) is 0 Å². The van der Waals surface area contributed by atoms with Gasteiger partial charge in [0.2, 0.25) is 5.91 Å². The minimum atomic E-state index is -4.10. The van der Waals surface area contributed by atoms with Crippen LogP contribution in [0.4, 0.5) is 21.6 Å². The van der Waals surface area contributed by atoms with Gasteiger partial charge in [0.25, 0.3) is 0 Å². The largest absolute Gasteiger partial charge is 0.486 e. The minimum Gasteiger partial charge on any atom is -0.486 e. The molecule has 0 radical (unpaired) electrons. The van der Waals surface area contributed by atoms with Crippen molar-refractivity contribution in [1.29, 1.82) is 0 Å². The summed E-state index contributed by atoms with van der Waals surface area (Å²) in [6, 6.07) is 7.37. The lowest BCUT2D eigenvalue weighted by atomic mass is 10.1. The van der Waals surface area contributed by atoms with Crippen molar-refractivity contribution in [2.75, 3.05) is 36.4 Å². The van der Waals surface area contributed by atoms with Crippen LogP contribution in [0.25, 0.3) is 10.9 Å². The summed E-state index contributed by atoms with van der Waals surface area (Å²) in [5.74, 6) is -0.531. The van der Waals surface area contributed by atoms with E-state index < -0.39 is 19.5 Å². The van der Waals surface area contributed by atoms with Gasteiger partial charge < -0.3 is 14.8 Å². The molecule has 1 amide bonds. The Morgan fingerprint density at radius 3 is 2.62 bits per heavy atom. The average Bonchev–Trinajstić information content (AvgIpc) is 3.35. The molecule has 3 aromatic rings. The lowest BCUT2D eigenvalue weighted by Crippen LogP contribution is -2.29. The van der Waals surface area contributed by atoms with Crippen molar-refractivity contribution < 1.29 is 32.3 Å². The summed E-state index contributed by atoms with van der Waals surface area (Å²) in [5.41, 5.74) is 1.12. The van der Waals surface area contributed by atoms with E-state index in [1.165, 1.54) is 31.5 Å². The molecule has 0 bridgehead atoms. The summed E-state index contributed by atoms with van der Waals surface area (Å²) in [5, 5.41) is 3.51. The topological polar surface area (TPSA) is 112 Å². The number of carbonyl (C=O) groups is 1. The van der Waals surface area contributed by atoms with Crippen LogP contribution >= 0.6 is 19.3 Å². The maximum atomic E-state index is 13.8. The third-order valence-electron chi connectivity index (χ3n) is 5.44. The highest BCUT2D eigenvalue weighted by Gasteiger charge is 2.39. The number of carbonyl (C=O) groups excluding carboxylic acids is 1. The Kier molecular flexibility index (Phi) is 8.61. The van der Waals surface area contributed by atoms with E-state index in [0.29, 0.717) is 42.0 Å². The smallest absolute Gasteiger partial charge is 0.442 e. The molecule has 10 nitrogen and oxygen atoms in total. The summed E-state index contributed by atoms with van der Waals surface area (Å²) in [6.45, 7) is 5.57. The molecule has 198 valence electrons. The Labute approximate surface area is 218 Å². The summed E-state index contributed by atoms with van der Waals surface area (Å²) < 4.78 is 51.1. The lowest BCUT2D eigenvalue weighted by Gasteiger charge is -2.30. The quantitative estimate of drug-likeness (QED) is 0.309. The van der Waals surface area contributed by atoms with E-state index in [9.17, 15) is 13.8 Å². The Hall–Kier alpha value is -2.82. The number of amides is 1. The Morgan fingerprint density at radius 2 is 2.00 bits per heavy atom. The van der Waals surface area contributed by atoms with Crippen LogP contribution in [0.15, 0.2) is 36.7 Å². The number of fused-ring (bicyclic) bond motifs is 1. The Bertz CT molecular complexity index is 1330. The second kappa shape index (κ2) is 11.7. The standard InChI is InChI=1S/C24H27ClFN4O6P/c1-4-34-37(32,35-5-2)30(15(3)31)22-11-18-21(12-23(22)36-17-8-9-33-13-17)27-14-28-24(18)29-16-6-7-20(26)19(25)10-16/h6-7,10-12,14,17H,4-5,8-9,13H2,1-3H3,(H,27,28,29). The highest BCUT2D eigenvalue weighted by molar-refractivity contribution is 7.56. The van der Waals surface area contributed by atoms with E-state index in [4.69, 9.17) is 30.1 Å². The fourth-order valence-electron chi connectivity index (χ4n) is 3.88. The van der Waals surface area contributed by atoms with Crippen molar-refractivity contribution in [2.45, 2.75) is 33.3 Å². The van der Waals surface area contributed by atoms with Crippen molar-refractivity contribution in [3.8, 4) is 5.75 Å². The fraction of sp³-hybridized carbons (Fsp3) is 0.375. The molecule has 1 aliphatic heterocycles. The second-order valence-corrected chi connectivity index (χ2v) is 10.3. The van der Waals surface area contributed by atoms with Gasteiger partial charge in [-0.2, -0.15) is 0 Å². The number of hydrogen-bond donors (Lipinski definition) is 1. The van der Waals surface area contributed by atoms with E-state index in [1.54, 1.807) is 26.0 Å². The molecule has 1 atom stereocenters. The summed E-state index contributed by atoms with van der Waals surface area (Å²) in [4.78, 5) is 21.6. The van der Waals surface area contributed by atoms with E-state index >= 15 is 0 Å². The number of halogens is 2. The molecule has 0 aliphatic carbocycles. The SMILES string of the molecule is CCOP(=O)(OCC)N(C(C)=O)c1cc2c(Nc3ccc(F)c(Cl)c3)ncnc2cc1OC1CCOC1. The lowest BCUT2D eigenvalue weighted by molar-refractivity contribution is -0.115. The molecule has 2 heterocycles. The molecule has 0 saturated carbocycles. The highest BCUT2D eigenvalue weighted by atomic mass is 35.5. The number of benzene rings is 2. The van der Waals surface area contributed by atoms with Crippen LogP contribution in [0.2, 0.25) is 5.02 Å². The van der Waals surface area contributed by atoms with Crippen LogP contribution in [-0.2, 0) is 23.1 Å². The van der Waals surface area contributed by atoms with Gasteiger partial charge in [0, 0.05) is 30.5 Å². The third kappa shape index (κ3) is 6.02. The van der Waals surface area contributed by atoms with E-state index in [-0.39, 0.29) is 35.8 Å². The summed E-state index contributed by atoms with van der Waals surface area (Å²) in [7, 11) is -4.10. The zero-order valence-electron chi connectivity index (χ0n) is 20.6. The van der Waals surface area contributed by atoms with Gasteiger partial charge in [-0.3, -0.25) is 13.8 Å². The molecular formula is C24H27ClFN4O6P. The van der Waals surface area contributed by atoms with E-state index in [2.05, 4.69) is 15.3 Å². The molecule has 0 spiro atoms. The highest BCUT2D eigenvalue weighted by Crippen LogP contribution is 2.56. The zero-order valence-corrected chi connectivity index (χ0v) is 22.2. The molecule has 13 heteroatoms. The van der Waals surface area contributed by atoms with Crippen molar-refractivity contribution in [2.24, 2.45) is 0 Å². The predicted octanol–water partition coefficient (Wildman–Crippen LogP) is 5.87. The van der Waals surface area contributed by atoms with Crippen LogP contribution in [0.5, 0.6) is 5.75 Å². The van der Waals surface area contributed by atoms with Crippen LogP contribution < -0.4 is 14.7 Å². The number of hydrogen-bond acceptors (Lipinski definition) is 9. The molecule has 1 unspecified atom stereocenters.